The lowest BCUT2D eigenvalue weighted by molar-refractivity contribution is -0.142. The van der Waals surface area contributed by atoms with Crippen molar-refractivity contribution in [2.24, 2.45) is 5.92 Å². The highest BCUT2D eigenvalue weighted by atomic mass is 16.5. The van der Waals surface area contributed by atoms with Crippen LogP contribution in [0.1, 0.15) is 44.6 Å². The number of amides is 1. The standard InChI is InChI=1S/C18H25NO2/c1-14-8-12-19(13-9-14)17(20)18(10-5-11-18)15-6-3-4-7-16(15)21-2/h3-4,6-7,14H,5,8-13H2,1-2H3. The van der Waals surface area contributed by atoms with Gasteiger partial charge in [-0.2, -0.15) is 0 Å². The van der Waals surface area contributed by atoms with Gasteiger partial charge in [0.1, 0.15) is 5.75 Å². The molecule has 1 aromatic rings. The number of nitrogens with zero attached hydrogens (tertiary/aromatic N) is 1. The van der Waals surface area contributed by atoms with Crippen LogP contribution in [-0.2, 0) is 10.2 Å². The van der Waals surface area contributed by atoms with Crippen LogP contribution in [0.2, 0.25) is 0 Å². The van der Waals surface area contributed by atoms with E-state index in [0.717, 1.165) is 62.4 Å². The van der Waals surface area contributed by atoms with E-state index in [2.05, 4.69) is 17.9 Å². The zero-order valence-corrected chi connectivity index (χ0v) is 13.1. The molecule has 0 unspecified atom stereocenters. The minimum atomic E-state index is -0.326. The Morgan fingerprint density at radius 3 is 2.48 bits per heavy atom. The molecule has 1 saturated carbocycles. The molecule has 0 N–H and O–H groups in total. The molecule has 3 rings (SSSR count). The molecule has 1 aliphatic carbocycles. The fourth-order valence-corrected chi connectivity index (χ4v) is 3.68. The third-order valence-electron chi connectivity index (χ3n) is 5.31. The molecule has 2 fully saturated rings. The number of likely N-dealkylation sites (tertiary alicyclic amines) is 1. The van der Waals surface area contributed by atoms with Crippen LogP contribution in [0.15, 0.2) is 24.3 Å². The topological polar surface area (TPSA) is 29.5 Å². The molecule has 1 aromatic carbocycles. The van der Waals surface area contributed by atoms with Crippen LogP contribution in [0.4, 0.5) is 0 Å². The number of carbonyl (C=O) groups excluding carboxylic acids is 1. The summed E-state index contributed by atoms with van der Waals surface area (Å²) in [5.41, 5.74) is 0.759. The van der Waals surface area contributed by atoms with E-state index in [4.69, 9.17) is 4.74 Å². The van der Waals surface area contributed by atoms with Gasteiger partial charge in [0, 0.05) is 18.7 Å². The molecule has 1 heterocycles. The molecule has 0 radical (unpaired) electrons. The highest BCUT2D eigenvalue weighted by Crippen LogP contribution is 2.48. The normalized spacial score (nSPS) is 21.7. The van der Waals surface area contributed by atoms with Crippen molar-refractivity contribution < 1.29 is 9.53 Å². The van der Waals surface area contributed by atoms with E-state index < -0.39 is 0 Å². The van der Waals surface area contributed by atoms with E-state index in [1.807, 2.05) is 18.2 Å². The second kappa shape index (κ2) is 5.70. The van der Waals surface area contributed by atoms with Crippen LogP contribution >= 0.6 is 0 Å². The minimum absolute atomic E-state index is 0.324. The summed E-state index contributed by atoms with van der Waals surface area (Å²) in [4.78, 5) is 15.2. The van der Waals surface area contributed by atoms with E-state index >= 15 is 0 Å². The van der Waals surface area contributed by atoms with Crippen LogP contribution in [0.25, 0.3) is 0 Å². The molecule has 1 amide bonds. The van der Waals surface area contributed by atoms with Crippen molar-refractivity contribution in [2.75, 3.05) is 20.2 Å². The smallest absolute Gasteiger partial charge is 0.233 e. The van der Waals surface area contributed by atoms with Crippen LogP contribution in [0.5, 0.6) is 5.75 Å². The van der Waals surface area contributed by atoms with Gasteiger partial charge in [-0.15, -0.1) is 0 Å². The predicted octanol–water partition coefficient (Wildman–Crippen LogP) is 3.38. The van der Waals surface area contributed by atoms with Gasteiger partial charge >= 0.3 is 0 Å². The number of piperidine rings is 1. The molecule has 0 spiro atoms. The summed E-state index contributed by atoms with van der Waals surface area (Å²) < 4.78 is 5.51. The molecule has 3 nitrogen and oxygen atoms in total. The number of benzene rings is 1. The summed E-state index contributed by atoms with van der Waals surface area (Å²) in [5.74, 6) is 1.93. The number of methoxy groups -OCH3 is 1. The van der Waals surface area contributed by atoms with Gasteiger partial charge in [0.05, 0.1) is 12.5 Å². The monoisotopic (exact) mass is 287 g/mol. The second-order valence-electron chi connectivity index (χ2n) is 6.61. The zero-order chi connectivity index (χ0) is 14.9. The van der Waals surface area contributed by atoms with Crippen molar-refractivity contribution in [3.63, 3.8) is 0 Å². The van der Waals surface area contributed by atoms with Gasteiger partial charge in [-0.25, -0.2) is 0 Å². The minimum Gasteiger partial charge on any atom is -0.496 e. The van der Waals surface area contributed by atoms with Gasteiger partial charge in [0.15, 0.2) is 0 Å². The summed E-state index contributed by atoms with van der Waals surface area (Å²) in [7, 11) is 1.69. The van der Waals surface area contributed by atoms with Crippen LogP contribution < -0.4 is 4.74 Å². The molecule has 0 atom stereocenters. The highest BCUT2D eigenvalue weighted by molar-refractivity contribution is 5.90. The summed E-state index contributed by atoms with van der Waals surface area (Å²) in [6, 6.07) is 8.04. The first-order valence-corrected chi connectivity index (χ1v) is 8.10. The molecule has 2 aliphatic rings. The molecule has 3 heteroatoms. The Balaban J connectivity index is 1.88. The van der Waals surface area contributed by atoms with Crippen LogP contribution in [-0.4, -0.2) is 31.0 Å². The Bertz CT molecular complexity index is 514. The number of para-hydroxylation sites is 1. The summed E-state index contributed by atoms with van der Waals surface area (Å²) in [6.07, 6.45) is 5.31. The van der Waals surface area contributed by atoms with Crippen molar-refractivity contribution in [1.29, 1.82) is 0 Å². The Hall–Kier alpha value is -1.51. The summed E-state index contributed by atoms with van der Waals surface area (Å²) >= 11 is 0. The number of hydrogen-bond donors (Lipinski definition) is 0. The van der Waals surface area contributed by atoms with E-state index in [0.29, 0.717) is 5.91 Å². The highest BCUT2D eigenvalue weighted by Gasteiger charge is 2.49. The van der Waals surface area contributed by atoms with Crippen molar-refractivity contribution in [3.05, 3.63) is 29.8 Å². The van der Waals surface area contributed by atoms with Gasteiger partial charge in [-0.05, 0) is 37.7 Å². The molecule has 114 valence electrons. The Morgan fingerprint density at radius 1 is 1.24 bits per heavy atom. The van der Waals surface area contributed by atoms with Crippen LogP contribution in [0, 0.1) is 5.92 Å². The fraction of sp³-hybridized carbons (Fsp3) is 0.611. The quantitative estimate of drug-likeness (QED) is 0.853. The van der Waals surface area contributed by atoms with Gasteiger partial charge in [0.2, 0.25) is 5.91 Å². The van der Waals surface area contributed by atoms with E-state index in [9.17, 15) is 4.79 Å². The average Bonchev–Trinajstić information content (AvgIpc) is 2.47. The predicted molar refractivity (Wildman–Crippen MR) is 83.5 cm³/mol. The Labute approximate surface area is 127 Å². The number of hydrogen-bond acceptors (Lipinski definition) is 2. The maximum atomic E-state index is 13.1. The first-order chi connectivity index (χ1) is 10.2. The van der Waals surface area contributed by atoms with E-state index in [1.165, 1.54) is 0 Å². The summed E-state index contributed by atoms with van der Waals surface area (Å²) in [5, 5.41) is 0. The third kappa shape index (κ3) is 2.43. The molecule has 21 heavy (non-hydrogen) atoms. The van der Waals surface area contributed by atoms with Crippen molar-refractivity contribution in [3.8, 4) is 5.75 Å². The number of rotatable bonds is 3. The van der Waals surface area contributed by atoms with E-state index in [-0.39, 0.29) is 5.41 Å². The molecular weight excluding hydrogens is 262 g/mol. The Kier molecular flexibility index (Phi) is 3.92. The largest absolute Gasteiger partial charge is 0.496 e. The Morgan fingerprint density at radius 2 is 1.90 bits per heavy atom. The lowest BCUT2D eigenvalue weighted by Crippen LogP contribution is -2.53. The van der Waals surface area contributed by atoms with Gasteiger partial charge in [-0.1, -0.05) is 31.5 Å². The zero-order valence-electron chi connectivity index (χ0n) is 13.1. The number of ether oxygens (including phenoxy) is 1. The third-order valence-corrected chi connectivity index (χ3v) is 5.31. The SMILES string of the molecule is COc1ccccc1C1(C(=O)N2CCC(C)CC2)CCC1. The van der Waals surface area contributed by atoms with Crippen molar-refractivity contribution >= 4 is 5.91 Å². The average molecular weight is 287 g/mol. The molecule has 0 aromatic heterocycles. The lowest BCUT2D eigenvalue weighted by atomic mass is 9.63. The maximum absolute atomic E-state index is 13.1. The van der Waals surface area contributed by atoms with Gasteiger partial charge in [0.25, 0.3) is 0 Å². The van der Waals surface area contributed by atoms with Crippen LogP contribution in [0.3, 0.4) is 0 Å². The molecule has 1 aliphatic heterocycles. The van der Waals surface area contributed by atoms with Crippen molar-refractivity contribution in [1.82, 2.24) is 4.90 Å². The van der Waals surface area contributed by atoms with E-state index in [1.54, 1.807) is 7.11 Å². The lowest BCUT2D eigenvalue weighted by Gasteiger charge is -2.45. The molecular formula is C18H25NO2. The van der Waals surface area contributed by atoms with Crippen molar-refractivity contribution in [2.45, 2.75) is 44.4 Å². The number of carbonyl (C=O) groups is 1. The molecule has 0 bridgehead atoms. The summed E-state index contributed by atoms with van der Waals surface area (Å²) in [6.45, 7) is 4.11. The molecule has 1 saturated heterocycles. The van der Waals surface area contributed by atoms with Gasteiger partial charge < -0.3 is 9.64 Å². The first-order valence-electron chi connectivity index (χ1n) is 8.10. The second-order valence-corrected chi connectivity index (χ2v) is 6.61. The first kappa shape index (κ1) is 14.4. The maximum Gasteiger partial charge on any atom is 0.233 e. The fourth-order valence-electron chi connectivity index (χ4n) is 3.68. The van der Waals surface area contributed by atoms with Gasteiger partial charge in [-0.3, -0.25) is 4.79 Å².